The highest BCUT2D eigenvalue weighted by Gasteiger charge is 2.07. The van der Waals surface area contributed by atoms with E-state index in [9.17, 15) is 0 Å². The fourth-order valence-corrected chi connectivity index (χ4v) is 8.33. The van der Waals surface area contributed by atoms with Crippen molar-refractivity contribution in [2.75, 3.05) is 0 Å². The van der Waals surface area contributed by atoms with Crippen molar-refractivity contribution in [3.05, 3.63) is 37.6 Å². The highest BCUT2D eigenvalue weighted by Crippen LogP contribution is 2.11. The summed E-state index contributed by atoms with van der Waals surface area (Å²) in [5.74, 6) is 0. The van der Waals surface area contributed by atoms with Crippen molar-refractivity contribution in [2.45, 2.75) is 30.6 Å². The van der Waals surface area contributed by atoms with E-state index in [-0.39, 0.29) is 9.52 Å². The molecule has 0 aliphatic rings. The van der Waals surface area contributed by atoms with Crippen molar-refractivity contribution in [3.8, 4) is 0 Å². The molecule has 0 aliphatic heterocycles. The van der Waals surface area contributed by atoms with Gasteiger partial charge in [-0.2, -0.15) is 0 Å². The lowest BCUT2D eigenvalue weighted by molar-refractivity contribution is 1.11. The van der Waals surface area contributed by atoms with Crippen molar-refractivity contribution >= 4 is 18.3 Å². The molecule has 0 rings (SSSR count). The lowest BCUT2D eigenvalue weighted by Crippen LogP contribution is -2.13. The first-order chi connectivity index (χ1) is 6.35. The van der Waals surface area contributed by atoms with E-state index >= 15 is 0 Å². The molecule has 0 nitrogen and oxygen atoms in total. The van der Waals surface area contributed by atoms with Crippen LogP contribution in [-0.2, 0) is 0 Å². The molecule has 0 aliphatic carbocycles. The molecule has 0 saturated carbocycles. The first-order valence-electron chi connectivity index (χ1n) is 5.17. The molecule has 13 heavy (non-hydrogen) atoms. The first kappa shape index (κ1) is 12.7. The van der Waals surface area contributed by atoms with E-state index in [1.807, 2.05) is 0 Å². The Hall–Kier alpha value is -0.346. The second kappa shape index (κ2) is 9.74. The van der Waals surface area contributed by atoms with E-state index < -0.39 is 8.80 Å². The van der Waals surface area contributed by atoms with Gasteiger partial charge in [-0.3, -0.25) is 0 Å². The third-order valence-electron chi connectivity index (χ3n) is 2.34. The molecule has 0 radical (unpaired) electrons. The molecule has 0 saturated heterocycles. The minimum atomic E-state index is -0.439. The molecule has 0 unspecified atom stereocenters. The van der Waals surface area contributed by atoms with Gasteiger partial charge in [-0.05, 0) is 12.8 Å². The summed E-state index contributed by atoms with van der Waals surface area (Å²) in [7, 11) is -0.363. The lowest BCUT2D eigenvalue weighted by Gasteiger charge is -2.11. The van der Waals surface area contributed by atoms with Crippen molar-refractivity contribution in [1.82, 2.24) is 0 Å². The molecule has 0 N–H and O–H groups in total. The minimum Gasteiger partial charge on any atom is -0.109 e. The quantitative estimate of drug-likeness (QED) is 0.405. The van der Waals surface area contributed by atoms with Gasteiger partial charge in [0.05, 0.1) is 0 Å². The zero-order chi connectivity index (χ0) is 9.94. The van der Waals surface area contributed by atoms with E-state index in [2.05, 4.69) is 37.6 Å². The van der Waals surface area contributed by atoms with Gasteiger partial charge in [-0.1, -0.05) is 29.9 Å². The minimum absolute atomic E-state index is 0.0754. The standard InChI is InChI=1S/C11H22Si2/c1-4-7-9-13(10-8-5-2)11-12-6-3/h4-6,13H,1-3,7-12H2. The zero-order valence-corrected chi connectivity index (χ0v) is 11.2. The maximum Gasteiger partial charge on any atom is 0.0418 e. The van der Waals surface area contributed by atoms with E-state index in [1.165, 1.54) is 24.9 Å². The smallest absolute Gasteiger partial charge is 0.0418 e. The molecule has 0 heterocycles. The molecule has 0 aromatic heterocycles. The Morgan fingerprint density at radius 1 is 1.00 bits per heavy atom. The van der Waals surface area contributed by atoms with Gasteiger partial charge in [-0.25, -0.2) is 0 Å². The van der Waals surface area contributed by atoms with Crippen LogP contribution < -0.4 is 0 Å². The van der Waals surface area contributed by atoms with Gasteiger partial charge in [0, 0.05) is 18.3 Å². The number of hydrogen-bond acceptors (Lipinski definition) is 0. The average Bonchev–Trinajstić information content (AvgIpc) is 2.17. The molecular formula is C11H22Si2. The Bertz CT molecular complexity index is 124. The predicted molar refractivity (Wildman–Crippen MR) is 69.9 cm³/mol. The van der Waals surface area contributed by atoms with Crippen LogP contribution in [0.15, 0.2) is 37.6 Å². The van der Waals surface area contributed by atoms with Crippen molar-refractivity contribution < 1.29 is 0 Å². The Kier molecular flexibility index (Phi) is 9.48. The normalized spacial score (nSPS) is 10.8. The molecule has 0 fully saturated rings. The second-order valence-corrected chi connectivity index (χ2v) is 9.81. The molecule has 0 spiro atoms. The first-order valence-corrected chi connectivity index (χ1v) is 9.44. The summed E-state index contributed by atoms with van der Waals surface area (Å²) >= 11 is 0. The fourth-order valence-electron chi connectivity index (χ4n) is 1.49. The van der Waals surface area contributed by atoms with Crippen LogP contribution in [0.2, 0.25) is 17.8 Å². The molecule has 2 heteroatoms. The Labute approximate surface area is 86.9 Å². The van der Waals surface area contributed by atoms with Crippen LogP contribution in [0.25, 0.3) is 0 Å². The van der Waals surface area contributed by atoms with E-state index in [1.54, 1.807) is 5.67 Å². The number of allylic oxidation sites excluding steroid dienone is 2. The summed E-state index contributed by atoms with van der Waals surface area (Å²) < 4.78 is 0. The van der Waals surface area contributed by atoms with Crippen LogP contribution >= 0.6 is 0 Å². The van der Waals surface area contributed by atoms with Crippen LogP contribution in [-0.4, -0.2) is 18.3 Å². The van der Waals surface area contributed by atoms with Crippen LogP contribution in [0.5, 0.6) is 0 Å². The monoisotopic (exact) mass is 210 g/mol. The van der Waals surface area contributed by atoms with Gasteiger partial charge >= 0.3 is 0 Å². The summed E-state index contributed by atoms with van der Waals surface area (Å²) in [5, 5.41) is 0. The molecular weight excluding hydrogens is 188 g/mol. The van der Waals surface area contributed by atoms with Crippen molar-refractivity contribution in [2.24, 2.45) is 0 Å². The Balaban J connectivity index is 3.64. The van der Waals surface area contributed by atoms with E-state index in [4.69, 9.17) is 0 Å². The van der Waals surface area contributed by atoms with Crippen LogP contribution in [0.3, 0.4) is 0 Å². The third kappa shape index (κ3) is 8.00. The lowest BCUT2D eigenvalue weighted by atomic mass is 10.5. The van der Waals surface area contributed by atoms with Gasteiger partial charge in [-0.15, -0.1) is 25.4 Å². The third-order valence-corrected chi connectivity index (χ3v) is 9.64. The summed E-state index contributed by atoms with van der Waals surface area (Å²) in [4.78, 5) is 0. The van der Waals surface area contributed by atoms with Crippen LogP contribution in [0.4, 0.5) is 0 Å². The van der Waals surface area contributed by atoms with Crippen LogP contribution in [0.1, 0.15) is 12.8 Å². The molecule has 0 aromatic rings. The molecule has 0 amide bonds. The van der Waals surface area contributed by atoms with Crippen LogP contribution in [0, 0.1) is 0 Å². The van der Waals surface area contributed by atoms with Gasteiger partial charge < -0.3 is 0 Å². The number of hydrogen-bond donors (Lipinski definition) is 0. The van der Waals surface area contributed by atoms with Gasteiger partial charge in [0.2, 0.25) is 0 Å². The summed E-state index contributed by atoms with van der Waals surface area (Å²) in [6.45, 7) is 11.4. The Morgan fingerprint density at radius 2 is 1.54 bits per heavy atom. The van der Waals surface area contributed by atoms with E-state index in [0.29, 0.717) is 0 Å². The zero-order valence-electron chi connectivity index (χ0n) is 8.67. The topological polar surface area (TPSA) is 0 Å². The predicted octanol–water partition coefficient (Wildman–Crippen LogP) is 2.64. The average molecular weight is 210 g/mol. The maximum absolute atomic E-state index is 3.84. The summed E-state index contributed by atoms with van der Waals surface area (Å²) in [6.07, 6.45) is 6.56. The maximum atomic E-state index is 3.84. The molecule has 74 valence electrons. The van der Waals surface area contributed by atoms with Crippen molar-refractivity contribution in [1.29, 1.82) is 0 Å². The highest BCUT2D eigenvalue weighted by atomic mass is 28.3. The van der Waals surface area contributed by atoms with Gasteiger partial charge in [0.1, 0.15) is 0 Å². The van der Waals surface area contributed by atoms with Gasteiger partial charge in [0.15, 0.2) is 0 Å². The molecule has 0 aromatic carbocycles. The highest BCUT2D eigenvalue weighted by molar-refractivity contribution is 6.71. The SMILES string of the molecule is C=CCC[SiH](CCC=C)C[SiH2]C=C. The summed E-state index contributed by atoms with van der Waals surface area (Å²) in [6, 6.07) is 2.89. The van der Waals surface area contributed by atoms with Gasteiger partial charge in [0.25, 0.3) is 0 Å². The number of rotatable bonds is 9. The van der Waals surface area contributed by atoms with E-state index in [0.717, 1.165) is 0 Å². The Morgan fingerprint density at radius 3 is 1.92 bits per heavy atom. The molecule has 0 bridgehead atoms. The second-order valence-electron chi connectivity index (χ2n) is 3.46. The van der Waals surface area contributed by atoms with Crippen molar-refractivity contribution in [3.63, 3.8) is 0 Å². The fraction of sp³-hybridized carbons (Fsp3) is 0.455. The summed E-state index contributed by atoms with van der Waals surface area (Å²) in [5.41, 5.74) is 3.73. The largest absolute Gasteiger partial charge is 0.109 e. The molecule has 0 atom stereocenters.